The standard InChI is InChI=1S/C60H47NS/c1-58(2)38-59(3,4)53-37-51-49(36-52(53)58)48-35-40(31-33-50(48)60(51,42-19-8-5-9-20-42)43-21-10-6-11-22-43)39-30-32-45-41(34-39)18-16-27-54(45)61(44-23-12-7-13-24-44)55-28-17-26-47-46-25-14-15-29-56(46)62-57(47)55/h5-37H,38H2,1-4H3. The Labute approximate surface area is 368 Å². The molecule has 0 unspecified atom stereocenters. The Kier molecular flexibility index (Phi) is 8.15. The van der Waals surface area contributed by atoms with E-state index >= 15 is 0 Å². The Morgan fingerprint density at radius 2 is 1.00 bits per heavy atom. The Morgan fingerprint density at radius 3 is 1.74 bits per heavy atom. The van der Waals surface area contributed by atoms with Crippen molar-refractivity contribution in [1.29, 1.82) is 0 Å². The quantitative estimate of drug-likeness (QED) is 0.162. The highest BCUT2D eigenvalue weighted by Crippen LogP contribution is 2.60. The predicted molar refractivity (Wildman–Crippen MR) is 265 cm³/mol. The SMILES string of the molecule is CC1(C)CC(C)(C)c2cc3c(cc21)-c1cc(-c2ccc4c(N(c5ccccc5)c5cccc6c5sc5ccccc56)cccc4c2)ccc1C3(c1ccccc1)c1ccccc1. The van der Waals surface area contributed by atoms with Crippen LogP contribution in [0.2, 0.25) is 0 Å². The zero-order valence-corrected chi connectivity index (χ0v) is 36.4. The number of nitrogens with zero attached hydrogens (tertiary/aromatic N) is 1. The summed E-state index contributed by atoms with van der Waals surface area (Å²) in [5, 5.41) is 5.04. The molecule has 62 heavy (non-hydrogen) atoms. The zero-order valence-electron chi connectivity index (χ0n) is 35.6. The van der Waals surface area contributed by atoms with Crippen LogP contribution >= 0.6 is 11.3 Å². The zero-order chi connectivity index (χ0) is 41.8. The van der Waals surface area contributed by atoms with Crippen LogP contribution in [0.25, 0.3) is 53.2 Å². The molecule has 0 spiro atoms. The van der Waals surface area contributed by atoms with E-state index in [4.69, 9.17) is 0 Å². The van der Waals surface area contributed by atoms with Crippen LogP contribution in [-0.4, -0.2) is 0 Å². The van der Waals surface area contributed by atoms with Crippen molar-refractivity contribution in [2.24, 2.45) is 0 Å². The maximum absolute atomic E-state index is 2.61. The van der Waals surface area contributed by atoms with E-state index in [2.05, 4.69) is 233 Å². The van der Waals surface area contributed by atoms with Gasteiger partial charge in [0, 0.05) is 26.5 Å². The number of hydrogen-bond acceptors (Lipinski definition) is 2. The Bertz CT molecular complexity index is 3330. The second kappa shape index (κ2) is 13.6. The predicted octanol–water partition coefficient (Wildman–Crippen LogP) is 16.7. The number of fused-ring (bicyclic) bond motifs is 8. The molecule has 12 rings (SSSR count). The van der Waals surface area contributed by atoms with Crippen molar-refractivity contribution in [3.63, 3.8) is 0 Å². The van der Waals surface area contributed by atoms with E-state index < -0.39 is 5.41 Å². The number of hydrogen-bond donors (Lipinski definition) is 0. The summed E-state index contributed by atoms with van der Waals surface area (Å²) in [6, 6.07) is 75.2. The van der Waals surface area contributed by atoms with Crippen LogP contribution in [-0.2, 0) is 16.2 Å². The van der Waals surface area contributed by atoms with Crippen LogP contribution in [0.1, 0.15) is 67.5 Å². The molecule has 9 aromatic carbocycles. The number of anilines is 3. The molecule has 2 heteroatoms. The van der Waals surface area contributed by atoms with E-state index in [1.807, 2.05) is 11.3 Å². The molecular weight excluding hydrogens is 767 g/mol. The molecule has 0 saturated carbocycles. The van der Waals surface area contributed by atoms with Crippen LogP contribution in [0.15, 0.2) is 200 Å². The fraction of sp³-hybridized carbons (Fsp3) is 0.133. The lowest BCUT2D eigenvalue weighted by molar-refractivity contribution is 0.403. The van der Waals surface area contributed by atoms with Crippen molar-refractivity contribution in [1.82, 2.24) is 0 Å². The van der Waals surface area contributed by atoms with Gasteiger partial charge in [-0.2, -0.15) is 0 Å². The molecule has 0 amide bonds. The van der Waals surface area contributed by atoms with E-state index in [0.717, 1.165) is 12.1 Å². The Balaban J connectivity index is 1.05. The van der Waals surface area contributed by atoms with Gasteiger partial charge >= 0.3 is 0 Å². The first-order chi connectivity index (χ1) is 30.2. The van der Waals surface area contributed by atoms with Gasteiger partial charge in [-0.05, 0) is 127 Å². The summed E-state index contributed by atoms with van der Waals surface area (Å²) in [7, 11) is 0. The highest BCUT2D eigenvalue weighted by Gasteiger charge is 2.50. The Hall–Kier alpha value is -6.74. The van der Waals surface area contributed by atoms with Crippen LogP contribution in [0, 0.1) is 0 Å². The maximum Gasteiger partial charge on any atom is 0.0713 e. The van der Waals surface area contributed by atoms with Crippen molar-refractivity contribution in [2.45, 2.75) is 50.4 Å². The first-order valence-electron chi connectivity index (χ1n) is 22.0. The summed E-state index contributed by atoms with van der Waals surface area (Å²) in [6.07, 6.45) is 1.13. The lowest BCUT2D eigenvalue weighted by atomic mass is 9.67. The molecule has 298 valence electrons. The van der Waals surface area contributed by atoms with Gasteiger partial charge < -0.3 is 4.90 Å². The first kappa shape index (κ1) is 37.1. The molecule has 1 nitrogen and oxygen atoms in total. The minimum absolute atomic E-state index is 0.0807. The van der Waals surface area contributed by atoms with Crippen molar-refractivity contribution in [3.8, 4) is 22.3 Å². The third kappa shape index (κ3) is 5.39. The van der Waals surface area contributed by atoms with Gasteiger partial charge in [0.1, 0.15) is 0 Å². The van der Waals surface area contributed by atoms with E-state index in [9.17, 15) is 0 Å². The lowest BCUT2D eigenvalue weighted by Crippen LogP contribution is -2.29. The smallest absolute Gasteiger partial charge is 0.0713 e. The average Bonchev–Trinajstić information content (AvgIpc) is 3.89. The van der Waals surface area contributed by atoms with Crippen LogP contribution in [0.4, 0.5) is 17.1 Å². The third-order valence-corrected chi connectivity index (χ3v) is 15.3. The number of thiophene rings is 1. The molecule has 0 saturated heterocycles. The van der Waals surface area contributed by atoms with Crippen molar-refractivity contribution in [3.05, 3.63) is 234 Å². The summed E-state index contributed by atoms with van der Waals surface area (Å²) in [5.41, 5.74) is 16.7. The maximum atomic E-state index is 2.61. The monoisotopic (exact) mass is 813 g/mol. The fourth-order valence-corrected chi connectivity index (χ4v) is 12.9. The molecule has 0 fully saturated rings. The number of rotatable bonds is 6. The van der Waals surface area contributed by atoms with Crippen LogP contribution in [0.3, 0.4) is 0 Å². The van der Waals surface area contributed by atoms with Gasteiger partial charge in [0.25, 0.3) is 0 Å². The first-order valence-corrected chi connectivity index (χ1v) is 22.8. The second-order valence-corrected chi connectivity index (χ2v) is 19.8. The molecule has 2 aliphatic rings. The molecule has 0 radical (unpaired) electrons. The Morgan fingerprint density at radius 1 is 0.419 bits per heavy atom. The minimum Gasteiger partial charge on any atom is -0.308 e. The molecular formula is C60H47NS. The van der Waals surface area contributed by atoms with Gasteiger partial charge in [0.05, 0.1) is 21.5 Å². The van der Waals surface area contributed by atoms with Gasteiger partial charge in [-0.25, -0.2) is 0 Å². The van der Waals surface area contributed by atoms with Crippen molar-refractivity contribution >= 4 is 59.3 Å². The summed E-state index contributed by atoms with van der Waals surface area (Å²) in [4.78, 5) is 2.46. The van der Waals surface area contributed by atoms with Crippen LogP contribution in [0.5, 0.6) is 0 Å². The second-order valence-electron chi connectivity index (χ2n) is 18.8. The fourth-order valence-electron chi connectivity index (χ4n) is 11.7. The van der Waals surface area contributed by atoms with Crippen molar-refractivity contribution < 1.29 is 0 Å². The molecule has 1 heterocycles. The summed E-state index contributed by atoms with van der Waals surface area (Å²) < 4.78 is 2.61. The summed E-state index contributed by atoms with van der Waals surface area (Å²) >= 11 is 1.88. The minimum atomic E-state index is -0.444. The van der Waals surface area contributed by atoms with E-state index in [-0.39, 0.29) is 10.8 Å². The topological polar surface area (TPSA) is 3.24 Å². The normalized spacial score (nSPS) is 15.4. The molecule has 0 N–H and O–H groups in total. The molecule has 2 aliphatic carbocycles. The average molecular weight is 814 g/mol. The van der Waals surface area contributed by atoms with Crippen molar-refractivity contribution in [2.75, 3.05) is 4.90 Å². The van der Waals surface area contributed by atoms with Gasteiger partial charge in [-0.1, -0.05) is 179 Å². The molecule has 0 atom stereocenters. The van der Waals surface area contributed by atoms with Gasteiger partial charge in [-0.15, -0.1) is 11.3 Å². The molecule has 10 aromatic rings. The van der Waals surface area contributed by atoms with Crippen LogP contribution < -0.4 is 4.90 Å². The van der Waals surface area contributed by atoms with Gasteiger partial charge in [0.2, 0.25) is 0 Å². The molecule has 0 bridgehead atoms. The van der Waals surface area contributed by atoms with Gasteiger partial charge in [0.15, 0.2) is 0 Å². The molecule has 0 aliphatic heterocycles. The highest BCUT2D eigenvalue weighted by molar-refractivity contribution is 7.26. The van der Waals surface area contributed by atoms with E-state index in [0.29, 0.717) is 0 Å². The highest BCUT2D eigenvalue weighted by atomic mass is 32.1. The van der Waals surface area contributed by atoms with E-state index in [1.54, 1.807) is 0 Å². The number of para-hydroxylation sites is 1. The van der Waals surface area contributed by atoms with Gasteiger partial charge in [-0.3, -0.25) is 0 Å². The summed E-state index contributed by atoms with van der Waals surface area (Å²) in [5.74, 6) is 0. The van der Waals surface area contributed by atoms with E-state index in [1.165, 1.54) is 98.0 Å². The lowest BCUT2D eigenvalue weighted by Gasteiger charge is -2.34. The molecule has 1 aromatic heterocycles. The number of benzene rings is 9. The summed E-state index contributed by atoms with van der Waals surface area (Å²) in [6.45, 7) is 9.75. The largest absolute Gasteiger partial charge is 0.308 e. The third-order valence-electron chi connectivity index (χ3n) is 14.1.